The van der Waals surface area contributed by atoms with Gasteiger partial charge in [-0.25, -0.2) is 5.01 Å². The van der Waals surface area contributed by atoms with Gasteiger partial charge in [-0.05, 0) is 12.0 Å². The average molecular weight is 355 g/mol. The van der Waals surface area contributed by atoms with Gasteiger partial charge in [0.2, 0.25) is 0 Å². The minimum absolute atomic E-state index is 0.252. The number of carbonyl (C=O) groups excluding carboxylic acids is 1. The van der Waals surface area contributed by atoms with Gasteiger partial charge < -0.3 is 9.84 Å². The van der Waals surface area contributed by atoms with Crippen LogP contribution in [0.25, 0.3) is 11.3 Å². The van der Waals surface area contributed by atoms with Crippen molar-refractivity contribution in [1.82, 2.24) is 20.6 Å². The molecule has 8 heteroatoms. The summed E-state index contributed by atoms with van der Waals surface area (Å²) in [7, 11) is 0. The van der Waals surface area contributed by atoms with E-state index in [9.17, 15) is 9.90 Å². The summed E-state index contributed by atoms with van der Waals surface area (Å²) < 4.78 is 5.26. The second-order valence-electron chi connectivity index (χ2n) is 5.98. The molecular formula is C18H21N5O3. The van der Waals surface area contributed by atoms with E-state index in [1.54, 1.807) is 5.01 Å². The summed E-state index contributed by atoms with van der Waals surface area (Å²) in [6.07, 6.45) is 1.16. The molecule has 1 saturated heterocycles. The first-order chi connectivity index (χ1) is 12.7. The summed E-state index contributed by atoms with van der Waals surface area (Å²) in [6, 6.07) is 9.74. The van der Waals surface area contributed by atoms with Crippen LogP contribution in [-0.2, 0) is 17.8 Å². The highest BCUT2D eigenvalue weighted by Crippen LogP contribution is 2.24. The van der Waals surface area contributed by atoms with Crippen molar-refractivity contribution in [3.05, 3.63) is 41.1 Å². The Morgan fingerprint density at radius 1 is 1.35 bits per heavy atom. The molecule has 0 bridgehead atoms. The zero-order chi connectivity index (χ0) is 18.4. The first-order valence-electron chi connectivity index (χ1n) is 8.51. The van der Waals surface area contributed by atoms with E-state index in [0.29, 0.717) is 50.4 Å². The second kappa shape index (κ2) is 8.58. The van der Waals surface area contributed by atoms with Crippen molar-refractivity contribution >= 4 is 5.91 Å². The standard InChI is InChI=1S/C18H21N5O3/c19-7-1-2-13-3-5-14(6-4-13)16-15(12-24)17(21-20-16)18(25)22-23-8-10-26-11-9-23/h3-6,24H,1-2,8-12H2,(H,20,21)(H,22,25). The normalized spacial score (nSPS) is 14.8. The summed E-state index contributed by atoms with van der Waals surface area (Å²) in [5.74, 6) is -0.333. The van der Waals surface area contributed by atoms with Crippen LogP contribution in [0.2, 0.25) is 0 Å². The molecular weight excluding hydrogens is 334 g/mol. The number of hydrogen-bond acceptors (Lipinski definition) is 6. The number of hydrogen-bond donors (Lipinski definition) is 3. The minimum atomic E-state index is -0.333. The van der Waals surface area contributed by atoms with E-state index in [2.05, 4.69) is 21.7 Å². The highest BCUT2D eigenvalue weighted by Gasteiger charge is 2.22. The van der Waals surface area contributed by atoms with Gasteiger partial charge in [-0.1, -0.05) is 24.3 Å². The maximum absolute atomic E-state index is 12.5. The topological polar surface area (TPSA) is 114 Å². The maximum Gasteiger partial charge on any atom is 0.283 e. The fourth-order valence-electron chi connectivity index (χ4n) is 2.85. The fourth-order valence-corrected chi connectivity index (χ4v) is 2.85. The molecule has 1 aromatic heterocycles. The third-order valence-electron chi connectivity index (χ3n) is 4.28. The lowest BCUT2D eigenvalue weighted by Gasteiger charge is -2.26. The number of nitriles is 1. The van der Waals surface area contributed by atoms with Crippen LogP contribution in [-0.4, -0.2) is 52.5 Å². The number of ether oxygens (including phenoxy) is 1. The Morgan fingerprint density at radius 2 is 2.08 bits per heavy atom. The number of aromatic nitrogens is 2. The first-order valence-corrected chi connectivity index (χ1v) is 8.51. The zero-order valence-electron chi connectivity index (χ0n) is 14.4. The van der Waals surface area contributed by atoms with Crippen LogP contribution in [0.5, 0.6) is 0 Å². The zero-order valence-corrected chi connectivity index (χ0v) is 14.4. The van der Waals surface area contributed by atoms with Gasteiger partial charge in [-0.2, -0.15) is 10.4 Å². The quantitative estimate of drug-likeness (QED) is 0.712. The summed E-state index contributed by atoms with van der Waals surface area (Å²) in [5.41, 5.74) is 5.93. The van der Waals surface area contributed by atoms with Crippen LogP contribution >= 0.6 is 0 Å². The molecule has 136 valence electrons. The Kier molecular flexibility index (Phi) is 5.96. The van der Waals surface area contributed by atoms with E-state index in [1.165, 1.54) is 0 Å². The summed E-state index contributed by atoms with van der Waals surface area (Å²) in [6.45, 7) is 2.07. The lowest BCUT2D eigenvalue weighted by Crippen LogP contribution is -2.48. The molecule has 3 N–H and O–H groups in total. The van der Waals surface area contributed by atoms with Crippen molar-refractivity contribution in [3.8, 4) is 17.3 Å². The van der Waals surface area contributed by atoms with Crippen molar-refractivity contribution in [3.63, 3.8) is 0 Å². The van der Waals surface area contributed by atoms with E-state index in [0.717, 1.165) is 11.1 Å². The van der Waals surface area contributed by atoms with Crippen molar-refractivity contribution in [2.45, 2.75) is 19.4 Å². The van der Waals surface area contributed by atoms with Gasteiger partial charge in [0.15, 0.2) is 0 Å². The Balaban J connectivity index is 1.77. The molecule has 1 aromatic carbocycles. The fraction of sp³-hybridized carbons (Fsp3) is 0.389. The second-order valence-corrected chi connectivity index (χ2v) is 5.98. The van der Waals surface area contributed by atoms with Crippen LogP contribution < -0.4 is 5.43 Å². The Bertz CT molecular complexity index is 788. The Hall–Kier alpha value is -2.73. The molecule has 0 unspecified atom stereocenters. The minimum Gasteiger partial charge on any atom is -0.392 e. The molecule has 3 rings (SSSR count). The van der Waals surface area contributed by atoms with E-state index in [4.69, 9.17) is 10.00 Å². The summed E-state index contributed by atoms with van der Waals surface area (Å²) in [4.78, 5) is 12.5. The van der Waals surface area contributed by atoms with Crippen LogP contribution in [0.1, 0.15) is 28.0 Å². The number of hydrazine groups is 1. The van der Waals surface area contributed by atoms with Crippen molar-refractivity contribution in [1.29, 1.82) is 5.26 Å². The molecule has 0 atom stereocenters. The molecule has 0 radical (unpaired) electrons. The van der Waals surface area contributed by atoms with Gasteiger partial charge in [0.05, 0.1) is 31.6 Å². The number of carbonyl (C=O) groups is 1. The van der Waals surface area contributed by atoms with Gasteiger partial charge in [0.1, 0.15) is 5.69 Å². The average Bonchev–Trinajstić information content (AvgIpc) is 3.11. The largest absolute Gasteiger partial charge is 0.392 e. The molecule has 0 saturated carbocycles. The van der Waals surface area contributed by atoms with Gasteiger partial charge in [0, 0.05) is 30.6 Å². The van der Waals surface area contributed by atoms with Crippen molar-refractivity contribution in [2.24, 2.45) is 0 Å². The highest BCUT2D eigenvalue weighted by molar-refractivity contribution is 5.95. The number of aromatic amines is 1. The number of rotatable bonds is 6. The van der Waals surface area contributed by atoms with E-state index in [-0.39, 0.29) is 18.2 Å². The van der Waals surface area contributed by atoms with Crippen LogP contribution in [0.4, 0.5) is 0 Å². The van der Waals surface area contributed by atoms with Crippen molar-refractivity contribution < 1.29 is 14.6 Å². The predicted molar refractivity (Wildman–Crippen MR) is 93.7 cm³/mol. The molecule has 1 aliphatic rings. The number of benzene rings is 1. The van der Waals surface area contributed by atoms with Gasteiger partial charge in [-0.15, -0.1) is 0 Å². The van der Waals surface area contributed by atoms with Crippen LogP contribution in [0.15, 0.2) is 24.3 Å². The molecule has 0 aliphatic carbocycles. The molecule has 1 amide bonds. The summed E-state index contributed by atoms with van der Waals surface area (Å²) in [5, 5.41) is 27.2. The number of aryl methyl sites for hydroxylation is 1. The third-order valence-corrected chi connectivity index (χ3v) is 4.28. The van der Waals surface area contributed by atoms with E-state index >= 15 is 0 Å². The van der Waals surface area contributed by atoms with E-state index in [1.807, 2.05) is 24.3 Å². The molecule has 2 heterocycles. The molecule has 1 fully saturated rings. The number of amides is 1. The lowest BCUT2D eigenvalue weighted by atomic mass is 10.0. The molecule has 8 nitrogen and oxygen atoms in total. The number of nitrogens with one attached hydrogen (secondary N) is 2. The predicted octanol–water partition coefficient (Wildman–Crippen LogP) is 1.00. The third kappa shape index (κ3) is 4.08. The SMILES string of the molecule is N#CCCc1ccc(-c2n[nH]c(C(=O)NN3CCOCC3)c2CO)cc1. The van der Waals surface area contributed by atoms with Gasteiger partial charge in [-0.3, -0.25) is 15.3 Å². The van der Waals surface area contributed by atoms with Crippen LogP contribution in [0, 0.1) is 11.3 Å². The number of aliphatic hydroxyl groups is 1. The van der Waals surface area contributed by atoms with Crippen molar-refractivity contribution in [2.75, 3.05) is 26.3 Å². The lowest BCUT2D eigenvalue weighted by molar-refractivity contribution is 0.0124. The first kappa shape index (κ1) is 18.1. The molecule has 0 spiro atoms. The monoisotopic (exact) mass is 355 g/mol. The number of nitrogens with zero attached hydrogens (tertiary/aromatic N) is 3. The molecule has 1 aliphatic heterocycles. The molecule has 26 heavy (non-hydrogen) atoms. The number of morpholine rings is 1. The number of H-pyrrole nitrogens is 1. The van der Waals surface area contributed by atoms with E-state index < -0.39 is 0 Å². The van der Waals surface area contributed by atoms with Crippen LogP contribution in [0.3, 0.4) is 0 Å². The van der Waals surface area contributed by atoms with Gasteiger partial charge >= 0.3 is 0 Å². The maximum atomic E-state index is 12.5. The smallest absolute Gasteiger partial charge is 0.283 e. The summed E-state index contributed by atoms with van der Waals surface area (Å²) >= 11 is 0. The highest BCUT2D eigenvalue weighted by atomic mass is 16.5. The number of aliphatic hydroxyl groups excluding tert-OH is 1. The Morgan fingerprint density at radius 3 is 2.73 bits per heavy atom. The van der Waals surface area contributed by atoms with Gasteiger partial charge in [0.25, 0.3) is 5.91 Å². The molecule has 2 aromatic rings. The Labute approximate surface area is 151 Å².